The molecule has 0 saturated carbocycles. The van der Waals surface area contributed by atoms with Crippen LogP contribution in [0.25, 0.3) is 11.3 Å². The molecule has 0 aliphatic rings. The van der Waals surface area contributed by atoms with Gasteiger partial charge in [0.15, 0.2) is 0 Å². The molecular formula is C12H29FmKN4O5Y-2. The summed E-state index contributed by atoms with van der Waals surface area (Å²) in [6.07, 6.45) is 2.00. The normalized spacial score (nSPS) is 8.29. The predicted octanol–water partition coefficient (Wildman–Crippen LogP) is -1.51. The molecule has 1 radical (unpaired) electrons. The molecule has 0 aliphatic carbocycles. The van der Waals surface area contributed by atoms with Crippen molar-refractivity contribution in [1.82, 2.24) is 5.32 Å². The van der Waals surface area contributed by atoms with Crippen molar-refractivity contribution in [2.75, 3.05) is 13.3 Å². The van der Waals surface area contributed by atoms with Crippen LogP contribution in [0.1, 0.15) is 47.0 Å². The molecule has 0 fully saturated rings. The van der Waals surface area contributed by atoms with Crippen LogP contribution in [0.2, 0.25) is 0 Å². The Morgan fingerprint density at radius 1 is 1.38 bits per heavy atom. The number of carbonyl (C=O) groups excluding carboxylic acids is 1. The molecule has 1 atom stereocenters. The Balaban J connectivity index is -0.0000000505. The quantitative estimate of drug-likeness (QED) is 0.0574. The zero-order valence-electron chi connectivity index (χ0n) is 15.1. The van der Waals surface area contributed by atoms with E-state index in [1.807, 2.05) is 13.8 Å². The number of aliphatic carboxylic acids is 1. The predicted molar refractivity (Wildman–Crippen MR) is 81.7 cm³/mol. The van der Waals surface area contributed by atoms with Gasteiger partial charge in [-0.1, -0.05) is 40.8 Å². The third-order valence-corrected chi connectivity index (χ3v) is 1.32. The summed E-state index contributed by atoms with van der Waals surface area (Å²) in [6.45, 7) is 8.00. The largest absolute Gasteiger partial charge is 1.00 e. The number of aliphatic hydroxyl groups excluding tert-OH is 1. The number of hydroxylamine groups is 1. The van der Waals surface area contributed by atoms with E-state index < -0.39 is 12.1 Å². The van der Waals surface area contributed by atoms with Crippen LogP contribution in [0.15, 0.2) is 0 Å². The third-order valence-electron chi connectivity index (χ3n) is 1.32. The van der Waals surface area contributed by atoms with Gasteiger partial charge in [0.2, 0.25) is 0 Å². The number of hydrogen-bond donors (Lipinski definition) is 4. The van der Waals surface area contributed by atoms with Crippen LogP contribution in [0.4, 0.5) is 0 Å². The number of nitrogens with one attached hydrogen (secondary N) is 2. The number of aliphatic hydroxyl groups is 1. The molecule has 24 heavy (non-hydrogen) atoms. The molecule has 1 amide bonds. The van der Waals surface area contributed by atoms with Gasteiger partial charge >= 0.3 is 57.4 Å². The van der Waals surface area contributed by atoms with E-state index in [0.717, 1.165) is 0 Å². The maximum atomic E-state index is 10.5. The van der Waals surface area contributed by atoms with Crippen LogP contribution in [0.3, 0.4) is 0 Å². The molecule has 1 unspecified atom stereocenters. The molecule has 0 heterocycles. The monoisotopic (exact) mass is 694 g/mol. The zero-order chi connectivity index (χ0) is 17.5. The molecule has 145 valence electrons. The number of amides is 1. The van der Waals surface area contributed by atoms with Gasteiger partial charge in [0.1, 0.15) is 6.10 Å². The number of carboxylic acids is 1. The summed E-state index contributed by atoms with van der Waals surface area (Å²) in [5.74, 6) is 7.84. The summed E-state index contributed by atoms with van der Waals surface area (Å²) in [7, 11) is 0. The van der Waals surface area contributed by atoms with Crippen LogP contribution in [-0.2, 0) is 47.1 Å². The average molecular weight is 694 g/mol. The molecule has 12 heteroatoms. The second kappa shape index (κ2) is 49.5. The molecule has 0 aliphatic heterocycles. The minimum Gasteiger partial charge on any atom is -0.615 e. The Kier molecular flexibility index (Phi) is 91.1. The van der Waals surface area contributed by atoms with Crippen LogP contribution in [-0.4, -0.2) is 42.0 Å². The zero-order valence-corrected chi connectivity index (χ0v) is 23.5. The van der Waals surface area contributed by atoms with Crippen LogP contribution >= 0.6 is 0 Å². The van der Waals surface area contributed by atoms with Gasteiger partial charge in [-0.05, 0) is 12.8 Å². The summed E-state index contributed by atoms with van der Waals surface area (Å²) in [4.78, 5) is 24.7. The van der Waals surface area contributed by atoms with E-state index in [1.165, 1.54) is 12.8 Å². The molecule has 0 spiro atoms. The molecule has 9 nitrogen and oxygen atoms in total. The summed E-state index contributed by atoms with van der Waals surface area (Å²) in [5, 5.41) is 19.1. The number of nitrogens with zero attached hydrogens (tertiary/aromatic N) is 1. The van der Waals surface area contributed by atoms with Crippen molar-refractivity contribution in [2.24, 2.45) is 5.84 Å². The van der Waals surface area contributed by atoms with Gasteiger partial charge in [0.05, 0.1) is 0 Å². The smallest absolute Gasteiger partial charge is 0.615 e. The number of hydrogen-bond acceptors (Lipinski definition) is 5. The molecule has 0 bridgehead atoms. The van der Waals surface area contributed by atoms with Crippen molar-refractivity contribution < 1.29 is 109 Å². The molecule has 0 aromatic rings. The molecule has 0 aromatic carbocycles. The van der Waals surface area contributed by atoms with E-state index in [1.54, 1.807) is 0 Å². The van der Waals surface area contributed by atoms with Gasteiger partial charge < -0.3 is 42.3 Å². The molecular weight excluding hydrogens is 665 g/mol. The van der Waals surface area contributed by atoms with Crippen molar-refractivity contribution >= 4 is 12.4 Å². The van der Waals surface area contributed by atoms with E-state index in [9.17, 15) is 9.59 Å². The first kappa shape index (κ1) is 44.2. The van der Waals surface area contributed by atoms with Crippen molar-refractivity contribution in [3.8, 4) is 0 Å². The van der Waals surface area contributed by atoms with Crippen LogP contribution in [0.5, 0.6) is 0 Å². The summed E-state index contributed by atoms with van der Waals surface area (Å²) < 4.78 is 0. The minimum absolute atomic E-state index is 0. The van der Waals surface area contributed by atoms with E-state index in [-0.39, 0.29) is 104 Å². The van der Waals surface area contributed by atoms with Gasteiger partial charge in [-0.2, -0.15) is 6.41 Å². The second-order valence-corrected chi connectivity index (χ2v) is 3.07. The van der Waals surface area contributed by atoms with Gasteiger partial charge in [-0.15, -0.1) is 0 Å². The van der Waals surface area contributed by atoms with E-state index in [0.29, 0.717) is 6.42 Å². The van der Waals surface area contributed by atoms with Crippen molar-refractivity contribution in [1.29, 1.82) is 0 Å². The van der Waals surface area contributed by atoms with Crippen LogP contribution in [0, 0.1) is 0 Å². The van der Waals surface area contributed by atoms with Gasteiger partial charge in [0.25, 0.3) is 0 Å². The van der Waals surface area contributed by atoms with Crippen molar-refractivity contribution in [3.05, 3.63) is 11.3 Å². The van der Waals surface area contributed by atoms with Crippen molar-refractivity contribution in [3.63, 3.8) is 0 Å². The summed E-state index contributed by atoms with van der Waals surface area (Å²) in [6, 6.07) is 0. The minimum atomic E-state index is -1.16. The Labute approximate surface area is 207 Å². The topological polar surface area (TPSA) is 160 Å². The summed E-state index contributed by atoms with van der Waals surface area (Å²) >= 11 is 0. The Bertz CT molecular complexity index is 214. The Morgan fingerprint density at radius 3 is 2.08 bits per heavy atom. The standard InChI is InChI=1S/C7H12N2O5.C3H8.C2H6.Fm.K.H3N2.Y/c10-3-1-2-6(7(12)13)14-9-4-8-5-11;1-3-2;1-2;;;1-2;/h6,10H,1-4H2,(H,8,11)(H,12,13);3H2,1-2H3;1-2H3;;;1H,2H2;/q-2;;;;+1;-1;. The van der Waals surface area contributed by atoms with E-state index in [2.05, 4.69) is 35.3 Å². The molecule has 0 saturated heterocycles. The SMILES string of the molecule is CC.CCC.O=[C-]NC[N-]OC(CCCO)C(=O)O.[Fm].[K+].[NH-]N.[Y]. The fraction of sp³-hybridized carbons (Fsp3) is 0.833. The van der Waals surface area contributed by atoms with E-state index in [4.69, 9.17) is 16.1 Å². The van der Waals surface area contributed by atoms with Gasteiger partial charge in [-0.3, -0.25) is 0 Å². The first-order chi connectivity index (χ1) is 10.1. The van der Waals surface area contributed by atoms with Gasteiger partial charge in [-0.25, -0.2) is 4.79 Å². The third kappa shape index (κ3) is 49.5. The average Bonchev–Trinajstić information content (AvgIpc) is 2.51. The number of carbonyl (C=O) groups is 1. The Morgan fingerprint density at radius 2 is 1.79 bits per heavy atom. The summed E-state index contributed by atoms with van der Waals surface area (Å²) in [5.41, 5.74) is 3.30. The number of nitrogens with two attached hydrogens (primary N) is 1. The number of carboxylic acid groups (broad SMARTS) is 1. The molecule has 6 N–H and O–H groups in total. The maximum Gasteiger partial charge on any atom is 1.00 e. The number of rotatable bonds is 9. The van der Waals surface area contributed by atoms with Gasteiger partial charge in [0, 0.05) is 39.3 Å². The first-order valence-electron chi connectivity index (χ1n) is 6.69. The van der Waals surface area contributed by atoms with Crippen LogP contribution < -0.4 is 62.5 Å². The maximum absolute atomic E-state index is 10.5. The molecule has 0 aromatic heterocycles. The molecule has 0 rings (SSSR count). The first-order valence-corrected chi connectivity index (χ1v) is 6.69. The Hall–Kier alpha value is 0.480. The fourth-order valence-electron chi connectivity index (χ4n) is 0.690. The fourth-order valence-corrected chi connectivity index (χ4v) is 0.690. The second-order valence-electron chi connectivity index (χ2n) is 3.07. The van der Waals surface area contributed by atoms with E-state index >= 15 is 0 Å². The van der Waals surface area contributed by atoms with Crippen molar-refractivity contribution in [2.45, 2.75) is 53.1 Å².